The maximum Gasteiger partial charge on any atom is 0.256 e. The van der Waals surface area contributed by atoms with Gasteiger partial charge in [0.15, 0.2) is 0 Å². The number of halogens is 3. The van der Waals surface area contributed by atoms with Gasteiger partial charge in [0.1, 0.15) is 16.5 Å². The molecule has 2 unspecified atom stereocenters. The third-order valence-corrected chi connectivity index (χ3v) is 12.6. The van der Waals surface area contributed by atoms with E-state index >= 15 is 0 Å². The topological polar surface area (TPSA) is 102 Å². The van der Waals surface area contributed by atoms with E-state index in [1.807, 2.05) is 12.1 Å². The number of aromatic nitrogens is 2. The van der Waals surface area contributed by atoms with E-state index in [-0.39, 0.29) is 31.7 Å². The zero-order valence-corrected chi connectivity index (χ0v) is 28.5. The maximum atomic E-state index is 14.6. The molecule has 3 aliphatic heterocycles. The summed E-state index contributed by atoms with van der Waals surface area (Å²) in [7, 11) is -4.15. The Bertz CT molecular complexity index is 1950. The summed E-state index contributed by atoms with van der Waals surface area (Å²) in [6, 6.07) is 19.1. The van der Waals surface area contributed by atoms with Gasteiger partial charge in [0, 0.05) is 31.2 Å². The monoisotopic (exact) mass is 697 g/mol. The van der Waals surface area contributed by atoms with E-state index in [2.05, 4.69) is 34.6 Å². The van der Waals surface area contributed by atoms with Crippen LogP contribution >= 0.6 is 23.2 Å². The summed E-state index contributed by atoms with van der Waals surface area (Å²) in [5.41, 5.74) is 2.79. The molecule has 2 N–H and O–H groups in total. The number of amides is 1. The minimum atomic E-state index is -4.15. The number of carbonyl (C=O) groups excluding carboxylic acids is 1. The molecule has 0 spiro atoms. The second-order valence-electron chi connectivity index (χ2n) is 13.4. The number of likely N-dealkylation sites (tertiary alicyclic amines) is 1. The van der Waals surface area contributed by atoms with Gasteiger partial charge in [0.05, 0.1) is 26.6 Å². The highest BCUT2D eigenvalue weighted by Gasteiger charge is 2.44. The highest BCUT2D eigenvalue weighted by Crippen LogP contribution is 2.45. The lowest BCUT2D eigenvalue weighted by molar-refractivity contribution is 0.0606. The number of nitrogens with zero attached hydrogens (tertiary/aromatic N) is 4. The van der Waals surface area contributed by atoms with E-state index in [1.165, 1.54) is 36.6 Å². The third-order valence-electron chi connectivity index (χ3n) is 10.9. The van der Waals surface area contributed by atoms with Crippen molar-refractivity contribution < 1.29 is 17.6 Å². The molecular formula is C35H38Cl2FN5O3S. The number of para-hydroxylation sites is 2. The molecule has 47 heavy (non-hydrogen) atoms. The van der Waals surface area contributed by atoms with Gasteiger partial charge < -0.3 is 9.47 Å². The maximum absolute atomic E-state index is 14.6. The van der Waals surface area contributed by atoms with Gasteiger partial charge in [-0.1, -0.05) is 47.5 Å². The van der Waals surface area contributed by atoms with E-state index in [0.717, 1.165) is 42.7 Å². The second kappa shape index (κ2) is 12.5. The molecule has 0 saturated carbocycles. The van der Waals surface area contributed by atoms with Crippen LogP contribution in [0.2, 0.25) is 10.0 Å². The van der Waals surface area contributed by atoms with Gasteiger partial charge in [-0.3, -0.25) is 9.69 Å². The van der Waals surface area contributed by atoms with Crippen LogP contribution in [0.5, 0.6) is 0 Å². The van der Waals surface area contributed by atoms with Gasteiger partial charge in [-0.2, -0.15) is 0 Å². The van der Waals surface area contributed by atoms with Crippen LogP contribution in [0.1, 0.15) is 72.7 Å². The number of nitrogens with two attached hydrogens (primary N) is 1. The molecule has 3 aromatic carbocycles. The first-order chi connectivity index (χ1) is 22.4. The normalized spacial score (nSPS) is 23.0. The molecule has 0 radical (unpaired) electrons. The first kappa shape index (κ1) is 32.5. The van der Waals surface area contributed by atoms with Gasteiger partial charge in [0.25, 0.3) is 5.91 Å². The van der Waals surface area contributed by atoms with Crippen LogP contribution in [0.15, 0.2) is 65.6 Å². The Morgan fingerprint density at radius 3 is 2.38 bits per heavy atom. The molecule has 7 rings (SSSR count). The molecular weight excluding hydrogens is 660 g/mol. The van der Waals surface area contributed by atoms with Gasteiger partial charge in [-0.15, -0.1) is 0 Å². The number of piperidine rings is 2. The van der Waals surface area contributed by atoms with Crippen molar-refractivity contribution in [1.82, 2.24) is 19.4 Å². The standard InChI is InChI=1S/C35H38Cl2FN5O3S/c1-22-40-29-7-2-3-8-30(29)43(22)27-20-25-9-10-26(21-27)42(25)18-15-35(23-5-4-6-24(38)19-23)13-16-41(17-14-35)34(44)32-28(36)11-12-31(33(32)37)47(39,45)46/h2-8,11-12,19,25-27H,9-10,13-18,20-21H2,1H3,(H2,39,45,46). The highest BCUT2D eigenvalue weighted by molar-refractivity contribution is 7.89. The molecule has 1 aromatic heterocycles. The first-order valence-corrected chi connectivity index (χ1v) is 18.5. The average molecular weight is 699 g/mol. The number of fused-ring (bicyclic) bond motifs is 3. The number of aryl methyl sites for hydroxylation is 1. The van der Waals surface area contributed by atoms with Crippen LogP contribution < -0.4 is 5.14 Å². The minimum absolute atomic E-state index is 0.0622. The van der Waals surface area contributed by atoms with Gasteiger partial charge >= 0.3 is 0 Å². The minimum Gasteiger partial charge on any atom is -0.338 e. The lowest BCUT2D eigenvalue weighted by Crippen LogP contribution is -2.49. The Kier molecular flexibility index (Phi) is 8.62. The van der Waals surface area contributed by atoms with Crippen molar-refractivity contribution in [3.05, 3.63) is 93.5 Å². The van der Waals surface area contributed by atoms with E-state index < -0.39 is 15.9 Å². The number of primary sulfonamides is 1. The summed E-state index contributed by atoms with van der Waals surface area (Å²) in [5, 5.41) is 5.12. The lowest BCUT2D eigenvalue weighted by atomic mass is 9.70. The van der Waals surface area contributed by atoms with E-state index in [9.17, 15) is 17.6 Å². The molecule has 3 aliphatic rings. The SMILES string of the molecule is Cc1nc2ccccc2n1C1CC2CCC(C1)N2CCC1(c2cccc(F)c2)CCN(C(=O)c2c(Cl)ccc(S(N)(=O)=O)c2Cl)CC1. The summed E-state index contributed by atoms with van der Waals surface area (Å²) < 4.78 is 41.2. The average Bonchev–Trinajstić information content (AvgIpc) is 3.49. The Hall–Kier alpha value is -3.02. The van der Waals surface area contributed by atoms with E-state index in [4.69, 9.17) is 33.3 Å². The van der Waals surface area contributed by atoms with Crippen LogP contribution in [0.3, 0.4) is 0 Å². The van der Waals surface area contributed by atoms with Crippen molar-refractivity contribution in [3.63, 3.8) is 0 Å². The Morgan fingerprint density at radius 2 is 1.70 bits per heavy atom. The number of imidazole rings is 1. The van der Waals surface area contributed by atoms with Crippen LogP contribution in [-0.2, 0) is 15.4 Å². The fourth-order valence-electron chi connectivity index (χ4n) is 8.54. The lowest BCUT2D eigenvalue weighted by Gasteiger charge is -2.45. The summed E-state index contributed by atoms with van der Waals surface area (Å²) in [6.45, 7) is 3.78. The third kappa shape index (κ3) is 5.97. The quantitative estimate of drug-likeness (QED) is 0.227. The number of sulfonamides is 1. The van der Waals surface area contributed by atoms with Gasteiger partial charge in [-0.05, 0) is 106 Å². The zero-order chi connectivity index (χ0) is 33.1. The smallest absolute Gasteiger partial charge is 0.256 e. The number of rotatable bonds is 7. The fraction of sp³-hybridized carbons (Fsp3) is 0.429. The summed E-state index contributed by atoms with van der Waals surface area (Å²) in [5.74, 6) is 0.345. The van der Waals surface area contributed by atoms with Gasteiger partial charge in [-0.25, -0.2) is 22.9 Å². The van der Waals surface area contributed by atoms with E-state index in [0.29, 0.717) is 44.1 Å². The van der Waals surface area contributed by atoms with Gasteiger partial charge in [0.2, 0.25) is 10.0 Å². The van der Waals surface area contributed by atoms with Crippen molar-refractivity contribution >= 4 is 50.2 Å². The van der Waals surface area contributed by atoms with Crippen molar-refractivity contribution in [2.75, 3.05) is 19.6 Å². The number of hydrogen-bond donors (Lipinski definition) is 1. The number of hydrogen-bond acceptors (Lipinski definition) is 5. The van der Waals surface area contributed by atoms with E-state index in [1.54, 1.807) is 17.0 Å². The van der Waals surface area contributed by atoms with Crippen LogP contribution in [-0.4, -0.2) is 65.4 Å². The number of benzene rings is 3. The zero-order valence-electron chi connectivity index (χ0n) is 26.2. The first-order valence-electron chi connectivity index (χ1n) is 16.2. The van der Waals surface area contributed by atoms with Crippen LogP contribution in [0, 0.1) is 12.7 Å². The molecule has 1 amide bonds. The molecule has 0 aliphatic carbocycles. The second-order valence-corrected chi connectivity index (χ2v) is 15.7. The highest BCUT2D eigenvalue weighted by atomic mass is 35.5. The molecule has 12 heteroatoms. The van der Waals surface area contributed by atoms with Crippen molar-refractivity contribution in [2.45, 2.75) is 80.3 Å². The molecule has 8 nitrogen and oxygen atoms in total. The molecule has 4 heterocycles. The van der Waals surface area contributed by atoms with Crippen molar-refractivity contribution in [1.29, 1.82) is 0 Å². The summed E-state index contributed by atoms with van der Waals surface area (Å²) in [6.07, 6.45) is 6.57. The molecule has 3 fully saturated rings. The molecule has 2 atom stereocenters. The predicted molar refractivity (Wildman–Crippen MR) is 182 cm³/mol. The summed E-state index contributed by atoms with van der Waals surface area (Å²) in [4.78, 5) is 22.5. The molecule has 248 valence electrons. The Labute approximate surface area is 284 Å². The fourth-order valence-corrected chi connectivity index (χ4v) is 10.0. The molecule has 2 bridgehead atoms. The largest absolute Gasteiger partial charge is 0.338 e. The summed E-state index contributed by atoms with van der Waals surface area (Å²) >= 11 is 12.8. The van der Waals surface area contributed by atoms with Crippen molar-refractivity contribution in [2.24, 2.45) is 5.14 Å². The van der Waals surface area contributed by atoms with Crippen molar-refractivity contribution in [3.8, 4) is 0 Å². The van der Waals surface area contributed by atoms with Crippen LogP contribution in [0.4, 0.5) is 4.39 Å². The predicted octanol–water partition coefficient (Wildman–Crippen LogP) is 6.87. The molecule has 4 aromatic rings. The van der Waals surface area contributed by atoms with Crippen LogP contribution in [0.25, 0.3) is 11.0 Å². The molecule has 3 saturated heterocycles. The number of carbonyl (C=O) groups is 1. The Balaban J connectivity index is 1.09. The Morgan fingerprint density at radius 1 is 1.00 bits per heavy atom.